The normalized spacial score (nSPS) is 16.2. The number of H-pyrrole nitrogens is 1. The number of nitrogens with zero attached hydrogens (tertiary/aromatic N) is 1. The van der Waals surface area contributed by atoms with Crippen LogP contribution in [0.15, 0.2) is 34.4 Å². The summed E-state index contributed by atoms with van der Waals surface area (Å²) in [6.45, 7) is 0.595. The summed E-state index contributed by atoms with van der Waals surface area (Å²) in [4.78, 5) is 29.3. The smallest absolute Gasteiger partial charge is 0.322 e. The van der Waals surface area contributed by atoms with Gasteiger partial charge in [-0.05, 0) is 29.6 Å². The summed E-state index contributed by atoms with van der Waals surface area (Å²) in [5, 5.41) is 5.09. The van der Waals surface area contributed by atoms with Crippen LogP contribution in [0.25, 0.3) is 10.1 Å². The van der Waals surface area contributed by atoms with E-state index in [4.69, 9.17) is 16.3 Å². The quantitative estimate of drug-likeness (QED) is 0.671. The van der Waals surface area contributed by atoms with Crippen molar-refractivity contribution in [3.8, 4) is 0 Å². The van der Waals surface area contributed by atoms with Gasteiger partial charge in [0.1, 0.15) is 5.82 Å². The second kappa shape index (κ2) is 6.95. The number of aromatic amines is 1. The van der Waals surface area contributed by atoms with E-state index in [9.17, 15) is 14.0 Å². The van der Waals surface area contributed by atoms with Crippen molar-refractivity contribution in [2.75, 3.05) is 19.0 Å². The number of benzene rings is 1. The van der Waals surface area contributed by atoms with Crippen molar-refractivity contribution in [2.45, 2.75) is 12.6 Å². The van der Waals surface area contributed by atoms with Crippen LogP contribution in [0.3, 0.4) is 0 Å². The van der Waals surface area contributed by atoms with Crippen molar-refractivity contribution in [1.29, 1.82) is 0 Å². The minimum absolute atomic E-state index is 0.0698. The van der Waals surface area contributed by atoms with Crippen molar-refractivity contribution >= 4 is 44.7 Å². The number of halogens is 2. The summed E-state index contributed by atoms with van der Waals surface area (Å²) < 4.78 is 19.7. The lowest BCUT2D eigenvalue weighted by atomic mass is 10.0. The highest BCUT2D eigenvalue weighted by Gasteiger charge is 2.31. The molecule has 1 aliphatic rings. The van der Waals surface area contributed by atoms with E-state index in [1.54, 1.807) is 13.1 Å². The SMILES string of the molecule is CN(C(=O)Nc1ccc(F)c(Cl)c1)C1COCc2[nH]c(=O)c3ccsc3c21. The Kier molecular flexibility index (Phi) is 4.63. The summed E-state index contributed by atoms with van der Waals surface area (Å²) in [6, 6.07) is 4.98. The number of aromatic nitrogens is 1. The molecule has 0 aliphatic carbocycles. The number of carbonyl (C=O) groups excluding carboxylic acids is 1. The van der Waals surface area contributed by atoms with Crippen LogP contribution >= 0.6 is 22.9 Å². The zero-order valence-electron chi connectivity index (χ0n) is 14.2. The second-order valence-electron chi connectivity index (χ2n) is 6.21. The molecule has 2 amide bonds. The highest BCUT2D eigenvalue weighted by molar-refractivity contribution is 7.17. The molecule has 1 atom stereocenters. The van der Waals surface area contributed by atoms with E-state index in [2.05, 4.69) is 10.3 Å². The molecule has 2 aromatic heterocycles. The van der Waals surface area contributed by atoms with Gasteiger partial charge >= 0.3 is 6.03 Å². The Labute approximate surface area is 162 Å². The van der Waals surface area contributed by atoms with Gasteiger partial charge in [0.2, 0.25) is 0 Å². The molecule has 1 aromatic carbocycles. The van der Waals surface area contributed by atoms with E-state index in [0.717, 1.165) is 10.3 Å². The Balaban J connectivity index is 1.66. The van der Waals surface area contributed by atoms with Crippen LogP contribution in [-0.4, -0.2) is 29.6 Å². The molecule has 3 heterocycles. The summed E-state index contributed by atoms with van der Waals surface area (Å²) >= 11 is 7.23. The molecule has 140 valence electrons. The van der Waals surface area contributed by atoms with Gasteiger partial charge in [-0.15, -0.1) is 11.3 Å². The summed E-state index contributed by atoms with van der Waals surface area (Å²) in [7, 11) is 1.65. The lowest BCUT2D eigenvalue weighted by molar-refractivity contribution is 0.0528. The van der Waals surface area contributed by atoms with Crippen LogP contribution in [0.1, 0.15) is 17.3 Å². The minimum atomic E-state index is -0.554. The first-order valence-electron chi connectivity index (χ1n) is 8.14. The number of pyridine rings is 1. The molecular formula is C18H15ClFN3O3S. The molecule has 0 saturated heterocycles. The third kappa shape index (κ3) is 3.20. The van der Waals surface area contributed by atoms with E-state index >= 15 is 0 Å². The molecule has 27 heavy (non-hydrogen) atoms. The van der Waals surface area contributed by atoms with Crippen molar-refractivity contribution in [3.63, 3.8) is 0 Å². The van der Waals surface area contributed by atoms with Gasteiger partial charge in [0.15, 0.2) is 0 Å². The van der Waals surface area contributed by atoms with E-state index in [1.807, 2.05) is 5.38 Å². The number of fused-ring (bicyclic) bond motifs is 3. The fraction of sp³-hybridized carbons (Fsp3) is 0.222. The molecule has 1 aliphatic heterocycles. The number of carbonyl (C=O) groups is 1. The molecule has 6 nitrogen and oxygen atoms in total. The van der Waals surface area contributed by atoms with Crippen molar-refractivity contribution in [1.82, 2.24) is 9.88 Å². The zero-order chi connectivity index (χ0) is 19.1. The van der Waals surface area contributed by atoms with Gasteiger partial charge in [-0.25, -0.2) is 9.18 Å². The van der Waals surface area contributed by atoms with Crippen LogP contribution in [0.5, 0.6) is 0 Å². The van der Waals surface area contributed by atoms with E-state index in [-0.39, 0.29) is 23.2 Å². The Bertz CT molecular complexity index is 1100. The fourth-order valence-electron chi connectivity index (χ4n) is 3.16. The van der Waals surface area contributed by atoms with Crippen molar-refractivity contribution in [2.24, 2.45) is 0 Å². The number of hydrogen-bond donors (Lipinski definition) is 2. The van der Waals surface area contributed by atoms with Crippen LogP contribution in [0, 0.1) is 5.82 Å². The van der Waals surface area contributed by atoms with Gasteiger partial charge < -0.3 is 19.9 Å². The molecule has 2 N–H and O–H groups in total. The maximum absolute atomic E-state index is 13.3. The van der Waals surface area contributed by atoms with Crippen LogP contribution in [0.2, 0.25) is 5.02 Å². The first-order chi connectivity index (χ1) is 13.0. The molecule has 9 heteroatoms. The lowest BCUT2D eigenvalue weighted by Gasteiger charge is -2.33. The predicted molar refractivity (Wildman–Crippen MR) is 103 cm³/mol. The van der Waals surface area contributed by atoms with Crippen molar-refractivity contribution in [3.05, 3.63) is 62.1 Å². The lowest BCUT2D eigenvalue weighted by Crippen LogP contribution is -2.39. The molecule has 0 spiro atoms. The van der Waals surface area contributed by atoms with Crippen molar-refractivity contribution < 1.29 is 13.9 Å². The third-order valence-electron chi connectivity index (χ3n) is 4.56. The van der Waals surface area contributed by atoms with Gasteiger partial charge in [0.25, 0.3) is 5.56 Å². The van der Waals surface area contributed by atoms with Gasteiger partial charge in [0.05, 0.1) is 35.4 Å². The van der Waals surface area contributed by atoms with E-state index in [0.29, 0.717) is 23.4 Å². The molecular weight excluding hydrogens is 393 g/mol. The van der Waals surface area contributed by atoms with Gasteiger partial charge in [-0.1, -0.05) is 11.6 Å². The highest BCUT2D eigenvalue weighted by atomic mass is 35.5. The summed E-state index contributed by atoms with van der Waals surface area (Å²) in [5.41, 5.74) is 1.79. The monoisotopic (exact) mass is 407 g/mol. The molecule has 0 saturated carbocycles. The number of thiophene rings is 1. The number of ether oxygens (including phenoxy) is 1. The maximum atomic E-state index is 13.3. The number of urea groups is 1. The van der Waals surface area contributed by atoms with Gasteiger partial charge in [-0.3, -0.25) is 4.79 Å². The number of rotatable bonds is 2. The average Bonchev–Trinajstić information content (AvgIpc) is 3.14. The number of amides is 2. The Morgan fingerprint density at radius 1 is 1.44 bits per heavy atom. The second-order valence-corrected chi connectivity index (χ2v) is 7.53. The standard InChI is InChI=1S/C18H15ClFN3O3S/c1-23(18(25)21-9-2-3-12(20)11(19)6-9)14-8-26-7-13-15(14)16-10(4-5-27-16)17(24)22-13/h2-6,14H,7-8H2,1H3,(H,21,25)(H,22,24). The molecule has 0 bridgehead atoms. The summed E-state index contributed by atoms with van der Waals surface area (Å²) in [5.74, 6) is -0.554. The van der Waals surface area contributed by atoms with E-state index < -0.39 is 11.8 Å². The Hall–Kier alpha value is -2.42. The fourth-order valence-corrected chi connectivity index (χ4v) is 4.35. The summed E-state index contributed by atoms with van der Waals surface area (Å²) in [6.07, 6.45) is 0. The van der Waals surface area contributed by atoms with Crippen LogP contribution < -0.4 is 10.9 Å². The largest absolute Gasteiger partial charge is 0.373 e. The predicted octanol–water partition coefficient (Wildman–Crippen LogP) is 4.12. The number of nitrogens with one attached hydrogen (secondary N) is 2. The zero-order valence-corrected chi connectivity index (χ0v) is 15.8. The number of likely N-dealkylation sites (N-methyl/N-ethyl adjacent to an activating group) is 1. The number of anilines is 1. The van der Waals surface area contributed by atoms with Gasteiger partial charge in [0, 0.05) is 23.0 Å². The molecule has 1 unspecified atom stereocenters. The Morgan fingerprint density at radius 2 is 2.26 bits per heavy atom. The van der Waals surface area contributed by atoms with Crippen LogP contribution in [-0.2, 0) is 11.3 Å². The molecule has 0 radical (unpaired) electrons. The molecule has 4 rings (SSSR count). The van der Waals surface area contributed by atoms with Crippen LogP contribution in [0.4, 0.5) is 14.9 Å². The first-order valence-corrected chi connectivity index (χ1v) is 9.40. The topological polar surface area (TPSA) is 74.4 Å². The Morgan fingerprint density at radius 3 is 3.04 bits per heavy atom. The number of hydrogen-bond acceptors (Lipinski definition) is 4. The van der Waals surface area contributed by atoms with E-state index in [1.165, 1.54) is 34.4 Å². The maximum Gasteiger partial charge on any atom is 0.322 e. The highest BCUT2D eigenvalue weighted by Crippen LogP contribution is 2.35. The average molecular weight is 408 g/mol. The third-order valence-corrected chi connectivity index (χ3v) is 5.80. The molecule has 0 fully saturated rings. The molecule has 3 aromatic rings. The minimum Gasteiger partial charge on any atom is -0.373 e. The van der Waals surface area contributed by atoms with Gasteiger partial charge in [-0.2, -0.15) is 0 Å². The first kappa shape index (κ1) is 18.0.